The van der Waals surface area contributed by atoms with Gasteiger partial charge in [-0.2, -0.15) is 0 Å². The average molecular weight is 329 g/mol. The zero-order chi connectivity index (χ0) is 13.3. The molecule has 0 saturated heterocycles. The van der Waals surface area contributed by atoms with Gasteiger partial charge < -0.3 is 5.73 Å². The van der Waals surface area contributed by atoms with Crippen LogP contribution in [0.25, 0.3) is 0 Å². The molecule has 0 spiro atoms. The number of nitrogens with zero attached hydrogens (tertiary/aromatic N) is 1. The van der Waals surface area contributed by atoms with E-state index in [1.54, 1.807) is 23.5 Å². The molecule has 1 unspecified atom stereocenters. The van der Waals surface area contributed by atoms with Gasteiger partial charge in [-0.1, -0.05) is 6.07 Å². The van der Waals surface area contributed by atoms with Crippen molar-refractivity contribution in [2.24, 2.45) is 5.73 Å². The summed E-state index contributed by atoms with van der Waals surface area (Å²) < 4.78 is 13.6. The lowest BCUT2D eigenvalue weighted by atomic mass is 10.0. The maximum atomic E-state index is 13.1. The Hall–Kier alpha value is -0.780. The number of rotatable bonds is 3. The zero-order valence-corrected chi connectivity index (χ0v) is 12.6. The average Bonchev–Trinajstić information content (AvgIpc) is 2.63. The van der Waals surface area contributed by atoms with Gasteiger partial charge >= 0.3 is 0 Å². The molecule has 1 aromatic carbocycles. The number of hydrogen-bond donors (Lipinski definition) is 1. The second kappa shape index (κ2) is 5.47. The first kappa shape index (κ1) is 13.6. The summed E-state index contributed by atoms with van der Waals surface area (Å²) >= 11 is 4.81. The number of hydrogen-bond acceptors (Lipinski definition) is 3. The summed E-state index contributed by atoms with van der Waals surface area (Å²) in [6.45, 7) is 3.95. The van der Waals surface area contributed by atoms with Crippen LogP contribution >= 0.6 is 27.3 Å². The first-order chi connectivity index (χ1) is 8.47. The van der Waals surface area contributed by atoms with Crippen LogP contribution in [-0.4, -0.2) is 4.98 Å². The van der Waals surface area contributed by atoms with Gasteiger partial charge in [-0.05, 0) is 53.9 Å². The fourth-order valence-corrected chi connectivity index (χ4v) is 3.26. The lowest BCUT2D eigenvalue weighted by Crippen LogP contribution is -2.13. The fourth-order valence-electron chi connectivity index (χ4n) is 1.90. The third kappa shape index (κ3) is 2.96. The monoisotopic (exact) mass is 328 g/mol. The van der Waals surface area contributed by atoms with E-state index in [4.69, 9.17) is 5.73 Å². The van der Waals surface area contributed by atoms with E-state index >= 15 is 0 Å². The Kier molecular flexibility index (Phi) is 4.14. The summed E-state index contributed by atoms with van der Waals surface area (Å²) in [6, 6.07) is 4.91. The summed E-state index contributed by atoms with van der Waals surface area (Å²) in [5.41, 5.74) is 8.20. The Bertz CT molecular complexity index is 568. The molecular formula is C13H14BrFN2S. The number of thiazole rings is 1. The summed E-state index contributed by atoms with van der Waals surface area (Å²) in [6.07, 6.45) is 0.682. The van der Waals surface area contributed by atoms with Crippen molar-refractivity contribution >= 4 is 27.3 Å². The SMILES string of the molecule is Cc1nc(C)c(C(N)Cc2ccc(F)c(Br)c2)s1. The Morgan fingerprint density at radius 1 is 1.44 bits per heavy atom. The Labute approximate surface area is 118 Å². The van der Waals surface area contributed by atoms with Crippen LogP contribution in [0.4, 0.5) is 4.39 Å². The van der Waals surface area contributed by atoms with Crippen LogP contribution < -0.4 is 5.73 Å². The van der Waals surface area contributed by atoms with E-state index in [1.165, 1.54) is 6.07 Å². The van der Waals surface area contributed by atoms with E-state index < -0.39 is 0 Å². The van der Waals surface area contributed by atoms with Crippen LogP contribution in [0.3, 0.4) is 0 Å². The Morgan fingerprint density at radius 2 is 2.17 bits per heavy atom. The van der Waals surface area contributed by atoms with Crippen LogP contribution in [0, 0.1) is 19.7 Å². The van der Waals surface area contributed by atoms with Crippen molar-refractivity contribution < 1.29 is 4.39 Å². The van der Waals surface area contributed by atoms with Gasteiger partial charge in [0.25, 0.3) is 0 Å². The third-order valence-electron chi connectivity index (χ3n) is 2.72. The van der Waals surface area contributed by atoms with Gasteiger partial charge in [-0.3, -0.25) is 0 Å². The largest absolute Gasteiger partial charge is 0.323 e. The number of aryl methyl sites for hydroxylation is 2. The highest BCUT2D eigenvalue weighted by Crippen LogP contribution is 2.27. The van der Waals surface area contributed by atoms with E-state index in [-0.39, 0.29) is 11.9 Å². The van der Waals surface area contributed by atoms with Crippen LogP contribution in [0.1, 0.15) is 27.2 Å². The Balaban J connectivity index is 2.18. The van der Waals surface area contributed by atoms with Crippen LogP contribution in [0.2, 0.25) is 0 Å². The minimum atomic E-state index is -0.253. The van der Waals surface area contributed by atoms with Crippen LogP contribution in [0.15, 0.2) is 22.7 Å². The standard InChI is InChI=1S/C13H14BrFN2S/c1-7-13(18-8(2)17-7)12(16)6-9-3-4-11(15)10(14)5-9/h3-5,12H,6,16H2,1-2H3. The van der Waals surface area contributed by atoms with E-state index in [2.05, 4.69) is 20.9 Å². The summed E-state index contributed by atoms with van der Waals surface area (Å²) in [5.74, 6) is -0.253. The molecule has 96 valence electrons. The van der Waals surface area contributed by atoms with Crippen molar-refractivity contribution in [3.8, 4) is 0 Å². The van der Waals surface area contributed by atoms with Gasteiger partial charge in [0, 0.05) is 10.9 Å². The van der Waals surface area contributed by atoms with Crippen molar-refractivity contribution in [3.05, 3.63) is 49.6 Å². The topological polar surface area (TPSA) is 38.9 Å². The second-order valence-corrected chi connectivity index (χ2v) is 6.33. The van der Waals surface area contributed by atoms with Crippen molar-refractivity contribution in [2.75, 3.05) is 0 Å². The highest BCUT2D eigenvalue weighted by molar-refractivity contribution is 9.10. The van der Waals surface area contributed by atoms with Gasteiger partial charge in [-0.25, -0.2) is 9.37 Å². The smallest absolute Gasteiger partial charge is 0.137 e. The molecule has 0 bridgehead atoms. The first-order valence-corrected chi connectivity index (χ1v) is 7.21. The molecule has 18 heavy (non-hydrogen) atoms. The number of aromatic nitrogens is 1. The molecule has 2 N–H and O–H groups in total. The fraction of sp³-hybridized carbons (Fsp3) is 0.308. The molecular weight excluding hydrogens is 315 g/mol. The summed E-state index contributed by atoms with van der Waals surface area (Å²) in [7, 11) is 0. The van der Waals surface area contributed by atoms with Crippen molar-refractivity contribution in [1.29, 1.82) is 0 Å². The summed E-state index contributed by atoms with van der Waals surface area (Å²) in [4.78, 5) is 5.48. The zero-order valence-electron chi connectivity index (χ0n) is 10.2. The predicted octanol–water partition coefficient (Wildman–Crippen LogP) is 3.90. The minimum absolute atomic E-state index is 0.0893. The van der Waals surface area contributed by atoms with Crippen LogP contribution in [0.5, 0.6) is 0 Å². The molecule has 0 aliphatic heterocycles. The second-order valence-electron chi connectivity index (χ2n) is 4.24. The minimum Gasteiger partial charge on any atom is -0.323 e. The number of nitrogens with two attached hydrogens (primary N) is 1. The van der Waals surface area contributed by atoms with Gasteiger partial charge in [0.15, 0.2) is 0 Å². The normalized spacial score (nSPS) is 12.7. The number of halogens is 2. The van der Waals surface area contributed by atoms with E-state index in [0.29, 0.717) is 10.9 Å². The van der Waals surface area contributed by atoms with E-state index in [0.717, 1.165) is 21.1 Å². The quantitative estimate of drug-likeness (QED) is 0.927. The lowest BCUT2D eigenvalue weighted by molar-refractivity contribution is 0.619. The highest BCUT2D eigenvalue weighted by atomic mass is 79.9. The van der Waals surface area contributed by atoms with Crippen molar-refractivity contribution in [2.45, 2.75) is 26.3 Å². The molecule has 1 aromatic heterocycles. The van der Waals surface area contributed by atoms with E-state index in [1.807, 2.05) is 13.8 Å². The molecule has 2 rings (SSSR count). The van der Waals surface area contributed by atoms with E-state index in [9.17, 15) is 4.39 Å². The molecule has 2 nitrogen and oxygen atoms in total. The van der Waals surface area contributed by atoms with Gasteiger partial charge in [0.1, 0.15) is 5.82 Å². The highest BCUT2D eigenvalue weighted by Gasteiger charge is 2.14. The molecule has 1 heterocycles. The van der Waals surface area contributed by atoms with Crippen molar-refractivity contribution in [3.63, 3.8) is 0 Å². The molecule has 2 aromatic rings. The molecule has 0 aliphatic rings. The summed E-state index contributed by atoms with van der Waals surface area (Å²) in [5, 5.41) is 1.03. The van der Waals surface area contributed by atoms with Gasteiger partial charge in [-0.15, -0.1) is 11.3 Å². The molecule has 0 amide bonds. The molecule has 0 radical (unpaired) electrons. The predicted molar refractivity (Wildman–Crippen MR) is 76.3 cm³/mol. The molecule has 0 aliphatic carbocycles. The van der Waals surface area contributed by atoms with Crippen molar-refractivity contribution in [1.82, 2.24) is 4.98 Å². The maximum absolute atomic E-state index is 13.1. The molecule has 0 saturated carbocycles. The number of benzene rings is 1. The molecule has 5 heteroatoms. The maximum Gasteiger partial charge on any atom is 0.137 e. The van der Waals surface area contributed by atoms with Gasteiger partial charge in [0.05, 0.1) is 15.2 Å². The lowest BCUT2D eigenvalue weighted by Gasteiger charge is -2.11. The third-order valence-corrected chi connectivity index (χ3v) is 4.53. The first-order valence-electron chi connectivity index (χ1n) is 5.61. The molecule has 0 fully saturated rings. The Morgan fingerprint density at radius 3 is 2.72 bits per heavy atom. The van der Waals surface area contributed by atoms with Gasteiger partial charge in [0.2, 0.25) is 0 Å². The molecule has 1 atom stereocenters. The van der Waals surface area contributed by atoms with Crippen LogP contribution in [-0.2, 0) is 6.42 Å².